The van der Waals surface area contributed by atoms with E-state index in [0.717, 1.165) is 90.0 Å². The van der Waals surface area contributed by atoms with Crippen LogP contribution in [0, 0.1) is 0 Å². The van der Waals surface area contributed by atoms with Crippen LogP contribution in [0.4, 0.5) is 0 Å². The lowest BCUT2D eigenvalue weighted by molar-refractivity contribution is -0.151. The molecule has 0 rings (SSSR count). The molecule has 6 heteroatoms. The van der Waals surface area contributed by atoms with E-state index >= 15 is 0 Å². The van der Waals surface area contributed by atoms with Crippen LogP contribution >= 0.6 is 0 Å². The van der Waals surface area contributed by atoms with Gasteiger partial charge in [-0.1, -0.05) is 215 Å². The van der Waals surface area contributed by atoms with Crippen molar-refractivity contribution in [2.24, 2.45) is 0 Å². The second-order valence-electron chi connectivity index (χ2n) is 19.7. The summed E-state index contributed by atoms with van der Waals surface area (Å²) >= 11 is 0. The number of esters is 2. The molecule has 0 saturated heterocycles. The molecule has 0 unspecified atom stereocenters. The Balaban J connectivity index is 4.89. The van der Waals surface area contributed by atoms with Crippen LogP contribution in [0.25, 0.3) is 0 Å². The molecule has 1 amide bonds. The van der Waals surface area contributed by atoms with Gasteiger partial charge in [-0.3, -0.25) is 14.4 Å². The summed E-state index contributed by atoms with van der Waals surface area (Å²) in [4.78, 5) is 41.6. The molecule has 6 nitrogen and oxygen atoms in total. The molecule has 0 aliphatic carbocycles. The Morgan fingerprint density at radius 1 is 0.317 bits per heavy atom. The minimum absolute atomic E-state index is 0.0148. The third-order valence-electron chi connectivity index (χ3n) is 13.5. The van der Waals surface area contributed by atoms with E-state index in [1.54, 1.807) is 0 Å². The minimum atomic E-state index is 0.0148. The SMILES string of the molecule is CCCCCCCC(=O)N(CCCC)C(CCCCCCCCC(=O)OC(CCCCCC)CCCCCC)CCCCCCCCC(=O)OC(CCCCCC)CCCCCC. The average molecular weight is 891 g/mol. The monoisotopic (exact) mass is 890 g/mol. The first-order chi connectivity index (χ1) is 30.9. The van der Waals surface area contributed by atoms with E-state index in [4.69, 9.17) is 9.47 Å². The van der Waals surface area contributed by atoms with Crippen molar-refractivity contribution in [3.05, 3.63) is 0 Å². The van der Waals surface area contributed by atoms with E-state index < -0.39 is 0 Å². The Morgan fingerprint density at radius 3 is 0.937 bits per heavy atom. The predicted molar refractivity (Wildman–Crippen MR) is 272 cm³/mol. The molecule has 0 spiro atoms. The molecule has 0 saturated carbocycles. The van der Waals surface area contributed by atoms with Gasteiger partial charge in [0.2, 0.25) is 5.91 Å². The van der Waals surface area contributed by atoms with Crippen LogP contribution in [0.1, 0.15) is 324 Å². The van der Waals surface area contributed by atoms with Gasteiger partial charge in [0.05, 0.1) is 0 Å². The Morgan fingerprint density at radius 2 is 0.587 bits per heavy atom. The standard InChI is InChI=1S/C57H111NO5/c1-7-13-19-28-39-48-55(59)58(51-18-12-6)52(42-33-29-24-26-31-40-49-56(60)62-53(44-35-20-14-8-2)45-36-21-15-9-3)43-34-30-25-27-32-41-50-57(61)63-54(46-37-22-16-10-4)47-38-23-17-11-5/h52-54H,7-51H2,1-6H3. The van der Waals surface area contributed by atoms with Gasteiger partial charge in [-0.2, -0.15) is 0 Å². The zero-order chi connectivity index (χ0) is 46.3. The fourth-order valence-corrected chi connectivity index (χ4v) is 9.24. The Bertz CT molecular complexity index is 904. The molecular formula is C57H111NO5. The summed E-state index contributed by atoms with van der Waals surface area (Å²) < 4.78 is 12.0. The number of nitrogens with zero attached hydrogens (tertiary/aromatic N) is 1. The third-order valence-corrected chi connectivity index (χ3v) is 13.5. The fourth-order valence-electron chi connectivity index (χ4n) is 9.24. The van der Waals surface area contributed by atoms with Crippen molar-refractivity contribution in [3.8, 4) is 0 Å². The number of hydrogen-bond acceptors (Lipinski definition) is 5. The highest BCUT2D eigenvalue weighted by Gasteiger charge is 2.23. The maximum atomic E-state index is 13.7. The molecule has 0 atom stereocenters. The highest BCUT2D eigenvalue weighted by atomic mass is 16.5. The van der Waals surface area contributed by atoms with Gasteiger partial charge in [-0.25, -0.2) is 0 Å². The maximum absolute atomic E-state index is 13.7. The van der Waals surface area contributed by atoms with Gasteiger partial charge in [0.15, 0.2) is 0 Å². The Hall–Kier alpha value is -1.59. The summed E-state index contributed by atoms with van der Waals surface area (Å²) in [5, 5.41) is 0. The number of amides is 1. The number of carbonyl (C=O) groups is 3. The van der Waals surface area contributed by atoms with Crippen LogP contribution in [0.5, 0.6) is 0 Å². The van der Waals surface area contributed by atoms with Gasteiger partial charge < -0.3 is 14.4 Å². The number of carbonyl (C=O) groups excluding carboxylic acids is 3. The van der Waals surface area contributed by atoms with E-state index in [2.05, 4.69) is 46.4 Å². The maximum Gasteiger partial charge on any atom is 0.306 e. The molecule has 0 N–H and O–H groups in total. The molecule has 0 fully saturated rings. The molecule has 374 valence electrons. The van der Waals surface area contributed by atoms with Crippen molar-refractivity contribution in [1.29, 1.82) is 0 Å². The molecule has 0 aromatic heterocycles. The van der Waals surface area contributed by atoms with E-state index in [1.165, 1.54) is 180 Å². The van der Waals surface area contributed by atoms with E-state index in [0.29, 0.717) is 31.2 Å². The molecule has 0 bridgehead atoms. The van der Waals surface area contributed by atoms with Crippen molar-refractivity contribution in [2.45, 2.75) is 342 Å². The van der Waals surface area contributed by atoms with Crippen molar-refractivity contribution in [1.82, 2.24) is 4.90 Å². The second kappa shape index (κ2) is 48.3. The average Bonchev–Trinajstić information content (AvgIpc) is 3.27. The lowest BCUT2D eigenvalue weighted by Crippen LogP contribution is -2.41. The summed E-state index contributed by atoms with van der Waals surface area (Å²) in [6.45, 7) is 14.4. The topological polar surface area (TPSA) is 72.9 Å². The Kier molecular flexibility index (Phi) is 47.1. The van der Waals surface area contributed by atoms with E-state index in [9.17, 15) is 14.4 Å². The van der Waals surface area contributed by atoms with Crippen LogP contribution in [-0.2, 0) is 23.9 Å². The Labute approximate surface area is 394 Å². The van der Waals surface area contributed by atoms with Crippen molar-refractivity contribution >= 4 is 17.8 Å². The summed E-state index contributed by atoms with van der Waals surface area (Å²) in [5.74, 6) is 0.416. The van der Waals surface area contributed by atoms with Gasteiger partial charge in [0, 0.05) is 31.8 Å². The van der Waals surface area contributed by atoms with Crippen LogP contribution < -0.4 is 0 Å². The molecule has 63 heavy (non-hydrogen) atoms. The summed E-state index contributed by atoms with van der Waals surface area (Å²) in [5.41, 5.74) is 0. The number of rotatable bonds is 50. The van der Waals surface area contributed by atoms with Crippen molar-refractivity contribution in [2.75, 3.05) is 6.54 Å². The zero-order valence-electron chi connectivity index (χ0n) is 43.5. The lowest BCUT2D eigenvalue weighted by Gasteiger charge is -2.33. The van der Waals surface area contributed by atoms with Crippen molar-refractivity contribution in [3.63, 3.8) is 0 Å². The first kappa shape index (κ1) is 61.4. The number of unbranched alkanes of at least 4 members (excludes halogenated alkanes) is 27. The lowest BCUT2D eigenvalue weighted by atomic mass is 9.97. The minimum Gasteiger partial charge on any atom is -0.462 e. The summed E-state index contributed by atoms with van der Waals surface area (Å²) in [6, 6.07) is 0.345. The highest BCUT2D eigenvalue weighted by molar-refractivity contribution is 5.76. The molecule has 0 aliphatic heterocycles. The molecule has 0 heterocycles. The van der Waals surface area contributed by atoms with Crippen LogP contribution in [0.3, 0.4) is 0 Å². The number of hydrogen-bond donors (Lipinski definition) is 0. The van der Waals surface area contributed by atoms with Crippen LogP contribution in [0.2, 0.25) is 0 Å². The normalized spacial score (nSPS) is 11.6. The molecule has 0 aromatic carbocycles. The first-order valence-corrected chi connectivity index (χ1v) is 28.5. The summed E-state index contributed by atoms with van der Waals surface area (Å²) in [7, 11) is 0. The van der Waals surface area contributed by atoms with Gasteiger partial charge in [0.1, 0.15) is 12.2 Å². The van der Waals surface area contributed by atoms with Gasteiger partial charge in [-0.15, -0.1) is 0 Å². The fraction of sp³-hybridized carbons (Fsp3) is 0.947. The number of ether oxygens (including phenoxy) is 2. The first-order valence-electron chi connectivity index (χ1n) is 28.5. The van der Waals surface area contributed by atoms with E-state index in [1.807, 2.05) is 0 Å². The van der Waals surface area contributed by atoms with Crippen LogP contribution in [-0.4, -0.2) is 47.5 Å². The van der Waals surface area contributed by atoms with E-state index in [-0.39, 0.29) is 24.1 Å². The zero-order valence-corrected chi connectivity index (χ0v) is 43.5. The smallest absolute Gasteiger partial charge is 0.306 e. The van der Waals surface area contributed by atoms with Crippen LogP contribution in [0.15, 0.2) is 0 Å². The molecule has 0 radical (unpaired) electrons. The molecular weight excluding hydrogens is 779 g/mol. The predicted octanol–water partition coefficient (Wildman–Crippen LogP) is 18.3. The molecule has 0 aliphatic rings. The third kappa shape index (κ3) is 40.4. The van der Waals surface area contributed by atoms with Gasteiger partial charge in [0.25, 0.3) is 0 Å². The second-order valence-corrected chi connectivity index (χ2v) is 19.7. The van der Waals surface area contributed by atoms with Gasteiger partial charge >= 0.3 is 11.9 Å². The van der Waals surface area contributed by atoms with Gasteiger partial charge in [-0.05, 0) is 89.9 Å². The largest absolute Gasteiger partial charge is 0.462 e. The van der Waals surface area contributed by atoms with Crippen molar-refractivity contribution < 1.29 is 23.9 Å². The summed E-state index contributed by atoms with van der Waals surface area (Å²) in [6.07, 6.45) is 49.7. The molecule has 0 aromatic rings. The quantitative estimate of drug-likeness (QED) is 0.0449. The highest BCUT2D eigenvalue weighted by Crippen LogP contribution is 2.23.